The summed E-state index contributed by atoms with van der Waals surface area (Å²) in [5.74, 6) is 0.675. The molecule has 0 saturated carbocycles. The molecule has 0 saturated heterocycles. The molecule has 0 fully saturated rings. The minimum absolute atomic E-state index is 0.247. The number of hydrogen-bond acceptors (Lipinski definition) is 3. The Labute approximate surface area is 129 Å². The maximum atomic E-state index is 13.1. The van der Waals surface area contributed by atoms with Gasteiger partial charge < -0.3 is 5.32 Å². The fraction of sp³-hybridized carbons (Fsp3) is 0.294. The van der Waals surface area contributed by atoms with Crippen molar-refractivity contribution < 1.29 is 4.39 Å². The van der Waals surface area contributed by atoms with Crippen LogP contribution in [0.4, 0.5) is 10.2 Å². The molecule has 0 aliphatic carbocycles. The molecule has 0 spiro atoms. The van der Waals surface area contributed by atoms with Crippen molar-refractivity contribution in [3.05, 3.63) is 48.0 Å². The van der Waals surface area contributed by atoms with Gasteiger partial charge in [-0.05, 0) is 38.0 Å². The van der Waals surface area contributed by atoms with Crippen molar-refractivity contribution in [2.45, 2.75) is 33.2 Å². The highest BCUT2D eigenvalue weighted by Crippen LogP contribution is 2.26. The Morgan fingerprint density at radius 2 is 2.00 bits per heavy atom. The lowest BCUT2D eigenvalue weighted by molar-refractivity contribution is 0.628. The number of anilines is 1. The van der Waals surface area contributed by atoms with Gasteiger partial charge in [0.25, 0.3) is 0 Å². The van der Waals surface area contributed by atoms with E-state index < -0.39 is 0 Å². The lowest BCUT2D eigenvalue weighted by atomic mass is 10.1. The zero-order chi connectivity index (χ0) is 15.7. The summed E-state index contributed by atoms with van der Waals surface area (Å²) in [7, 11) is 0. The first kappa shape index (κ1) is 14.5. The van der Waals surface area contributed by atoms with Crippen molar-refractivity contribution in [3.8, 4) is 11.1 Å². The summed E-state index contributed by atoms with van der Waals surface area (Å²) in [6.45, 7) is 6.23. The number of halogens is 1. The summed E-state index contributed by atoms with van der Waals surface area (Å²) in [5.41, 5.74) is 3.50. The van der Waals surface area contributed by atoms with E-state index in [4.69, 9.17) is 0 Å². The molecule has 22 heavy (non-hydrogen) atoms. The molecule has 3 aromatic rings. The number of hydrogen-bond donors (Lipinski definition) is 1. The molecule has 2 aromatic heterocycles. The predicted molar refractivity (Wildman–Crippen MR) is 86.5 cm³/mol. The Morgan fingerprint density at radius 3 is 2.68 bits per heavy atom. The van der Waals surface area contributed by atoms with Crippen molar-refractivity contribution in [3.63, 3.8) is 0 Å². The third kappa shape index (κ3) is 2.66. The Morgan fingerprint density at radius 1 is 1.27 bits per heavy atom. The second kappa shape index (κ2) is 5.75. The summed E-state index contributed by atoms with van der Waals surface area (Å²) in [6.07, 6.45) is 2.80. The van der Waals surface area contributed by atoms with Gasteiger partial charge in [0.05, 0.1) is 6.20 Å². The number of aryl methyl sites for hydroxylation is 1. The monoisotopic (exact) mass is 298 g/mol. The summed E-state index contributed by atoms with van der Waals surface area (Å²) in [5, 5.41) is 7.89. The lowest BCUT2D eigenvalue weighted by Gasteiger charge is -2.14. The zero-order valence-electron chi connectivity index (χ0n) is 13.0. The molecular weight excluding hydrogens is 279 g/mol. The third-order valence-electron chi connectivity index (χ3n) is 3.76. The second-order valence-electron chi connectivity index (χ2n) is 5.54. The highest BCUT2D eigenvalue weighted by atomic mass is 19.1. The van der Waals surface area contributed by atoms with Crippen LogP contribution >= 0.6 is 0 Å². The smallest absolute Gasteiger partial charge is 0.165 e. The van der Waals surface area contributed by atoms with Gasteiger partial charge in [0.1, 0.15) is 11.6 Å². The van der Waals surface area contributed by atoms with E-state index in [1.165, 1.54) is 12.1 Å². The van der Waals surface area contributed by atoms with Crippen LogP contribution < -0.4 is 5.32 Å². The Bertz CT molecular complexity index is 792. The molecule has 3 rings (SSSR count). The average Bonchev–Trinajstić information content (AvgIpc) is 2.91. The van der Waals surface area contributed by atoms with Gasteiger partial charge in [-0.3, -0.25) is 0 Å². The van der Waals surface area contributed by atoms with Crippen molar-refractivity contribution in [2.75, 3.05) is 5.32 Å². The molecular formula is C17H19FN4. The normalized spacial score (nSPS) is 12.5. The van der Waals surface area contributed by atoms with E-state index >= 15 is 0 Å². The summed E-state index contributed by atoms with van der Waals surface area (Å²) < 4.78 is 14.9. The van der Waals surface area contributed by atoms with E-state index in [9.17, 15) is 4.39 Å². The first-order valence-corrected chi connectivity index (χ1v) is 7.46. The van der Waals surface area contributed by atoms with Gasteiger partial charge in [-0.25, -0.2) is 9.37 Å². The quantitative estimate of drug-likeness (QED) is 0.790. The number of nitrogens with zero attached hydrogens (tertiary/aromatic N) is 3. The predicted octanol–water partition coefficient (Wildman–Crippen LogP) is 4.05. The van der Waals surface area contributed by atoms with Crippen molar-refractivity contribution in [1.29, 1.82) is 0 Å². The largest absolute Gasteiger partial charge is 0.367 e. The number of benzene rings is 1. The van der Waals surface area contributed by atoms with Gasteiger partial charge in [-0.15, -0.1) is 0 Å². The minimum atomic E-state index is -0.247. The SMILES string of the molecule is CC[C@H](C)Nc1cc(C)nc2c(-c3ccc(F)cc3)cnn12. The van der Waals surface area contributed by atoms with Gasteiger partial charge in [-0.1, -0.05) is 19.1 Å². The summed E-state index contributed by atoms with van der Waals surface area (Å²) in [4.78, 5) is 4.59. The fourth-order valence-electron chi connectivity index (χ4n) is 2.37. The molecule has 0 aliphatic rings. The van der Waals surface area contributed by atoms with Gasteiger partial charge in [0.2, 0.25) is 0 Å². The van der Waals surface area contributed by atoms with Gasteiger partial charge in [0.15, 0.2) is 5.65 Å². The van der Waals surface area contributed by atoms with Crippen LogP contribution in [0.1, 0.15) is 26.0 Å². The molecule has 114 valence electrons. The maximum Gasteiger partial charge on any atom is 0.165 e. The molecule has 0 bridgehead atoms. The van der Waals surface area contributed by atoms with Crippen LogP contribution in [0.2, 0.25) is 0 Å². The van der Waals surface area contributed by atoms with Crippen LogP contribution in [0.25, 0.3) is 16.8 Å². The molecule has 5 heteroatoms. The molecule has 0 unspecified atom stereocenters. The first-order valence-electron chi connectivity index (χ1n) is 7.46. The number of rotatable bonds is 4. The van der Waals surface area contributed by atoms with Gasteiger partial charge >= 0.3 is 0 Å². The first-order chi connectivity index (χ1) is 10.6. The molecule has 1 aromatic carbocycles. The van der Waals surface area contributed by atoms with Crippen molar-refractivity contribution in [1.82, 2.24) is 14.6 Å². The molecule has 0 amide bonds. The van der Waals surface area contributed by atoms with Crippen molar-refractivity contribution in [2.24, 2.45) is 0 Å². The van der Waals surface area contributed by atoms with Crippen LogP contribution in [0.3, 0.4) is 0 Å². The molecule has 4 nitrogen and oxygen atoms in total. The average molecular weight is 298 g/mol. The number of fused-ring (bicyclic) bond motifs is 1. The highest BCUT2D eigenvalue weighted by molar-refractivity contribution is 5.78. The Balaban J connectivity index is 2.12. The maximum absolute atomic E-state index is 13.1. The van der Waals surface area contributed by atoms with Crippen molar-refractivity contribution >= 4 is 11.5 Å². The minimum Gasteiger partial charge on any atom is -0.367 e. The Hall–Kier alpha value is -2.43. The molecule has 0 radical (unpaired) electrons. The molecule has 2 heterocycles. The highest BCUT2D eigenvalue weighted by Gasteiger charge is 2.13. The van der Waals surface area contributed by atoms with Crippen LogP contribution in [0, 0.1) is 12.7 Å². The fourth-order valence-corrected chi connectivity index (χ4v) is 2.37. The zero-order valence-corrected chi connectivity index (χ0v) is 13.0. The topological polar surface area (TPSA) is 42.2 Å². The van der Waals surface area contributed by atoms with E-state index in [0.717, 1.165) is 34.7 Å². The number of aromatic nitrogens is 3. The van der Waals surface area contributed by atoms with E-state index in [2.05, 4.69) is 29.2 Å². The second-order valence-corrected chi connectivity index (χ2v) is 5.54. The van der Waals surface area contributed by atoms with E-state index in [-0.39, 0.29) is 5.82 Å². The third-order valence-corrected chi connectivity index (χ3v) is 3.76. The van der Waals surface area contributed by atoms with Gasteiger partial charge in [0, 0.05) is 23.4 Å². The van der Waals surface area contributed by atoms with Crippen LogP contribution in [0.15, 0.2) is 36.5 Å². The van der Waals surface area contributed by atoms with E-state index in [0.29, 0.717) is 6.04 Å². The standard InChI is InChI=1S/C17H19FN4/c1-4-11(2)20-16-9-12(3)21-17-15(10-19-22(16)17)13-5-7-14(18)8-6-13/h5-11,20H,4H2,1-3H3/t11-/m0/s1. The van der Waals surface area contributed by atoms with Crippen LogP contribution in [-0.4, -0.2) is 20.6 Å². The Kier molecular flexibility index (Phi) is 3.79. The van der Waals surface area contributed by atoms with E-state index in [1.807, 2.05) is 13.0 Å². The lowest BCUT2D eigenvalue weighted by Crippen LogP contribution is -2.16. The summed E-state index contributed by atoms with van der Waals surface area (Å²) >= 11 is 0. The van der Waals surface area contributed by atoms with E-state index in [1.54, 1.807) is 22.8 Å². The molecule has 1 N–H and O–H groups in total. The van der Waals surface area contributed by atoms with Crippen LogP contribution in [0.5, 0.6) is 0 Å². The van der Waals surface area contributed by atoms with Crippen LogP contribution in [-0.2, 0) is 0 Å². The van der Waals surface area contributed by atoms with Gasteiger partial charge in [-0.2, -0.15) is 9.61 Å². The molecule has 1 atom stereocenters. The molecule has 0 aliphatic heterocycles. The summed E-state index contributed by atoms with van der Waals surface area (Å²) in [6, 6.07) is 8.74. The number of nitrogens with one attached hydrogen (secondary N) is 1.